The van der Waals surface area contributed by atoms with Crippen LogP contribution in [0, 0.1) is 0 Å². The summed E-state index contributed by atoms with van der Waals surface area (Å²) >= 11 is 1.54. The molecule has 22 heavy (non-hydrogen) atoms. The van der Waals surface area contributed by atoms with E-state index in [2.05, 4.69) is 10.4 Å². The maximum absolute atomic E-state index is 12.3. The highest BCUT2D eigenvalue weighted by Gasteiger charge is 2.43. The normalized spacial score (nSPS) is 20.7. The van der Waals surface area contributed by atoms with E-state index >= 15 is 0 Å². The van der Waals surface area contributed by atoms with Crippen molar-refractivity contribution in [1.82, 2.24) is 15.1 Å². The number of aromatic nitrogens is 2. The maximum Gasteiger partial charge on any atom is 0.330 e. The molecule has 1 unspecified atom stereocenters. The second-order valence-corrected chi connectivity index (χ2v) is 6.25. The Bertz CT molecular complexity index is 677. The van der Waals surface area contributed by atoms with E-state index < -0.39 is 11.5 Å². The quantitative estimate of drug-likeness (QED) is 0.894. The minimum atomic E-state index is -1.15. The zero-order valence-corrected chi connectivity index (χ0v) is 12.5. The Labute approximate surface area is 131 Å². The highest BCUT2D eigenvalue weighted by atomic mass is 32.2. The van der Waals surface area contributed by atoms with Gasteiger partial charge in [0, 0.05) is 23.7 Å². The number of thioether (sulfide) groups is 1. The average Bonchev–Trinajstić information content (AvgIpc) is 3.19. The number of hydrogen-bond donors (Lipinski definition) is 2. The van der Waals surface area contributed by atoms with E-state index in [9.17, 15) is 14.7 Å². The molecule has 2 N–H and O–H groups in total. The molecular weight excluding hydrogens is 302 g/mol. The third-order valence-electron chi connectivity index (χ3n) is 3.68. The van der Waals surface area contributed by atoms with Gasteiger partial charge in [0.1, 0.15) is 5.54 Å². The molecule has 114 valence electrons. The average molecular weight is 317 g/mol. The van der Waals surface area contributed by atoms with E-state index in [-0.39, 0.29) is 5.91 Å². The lowest BCUT2D eigenvalue weighted by molar-refractivity contribution is -0.143. The fraction of sp³-hybridized carbons (Fsp3) is 0.267. The standard InChI is InChI=1S/C15H15N3O3S/c19-13(17-15(14(20)21)6-9-22-10-15)11-2-4-12(5-3-11)18-8-1-7-16-18/h1-5,7-8H,6,9-10H2,(H,17,19)(H,20,21). The summed E-state index contributed by atoms with van der Waals surface area (Å²) in [6.45, 7) is 0. The molecule has 1 saturated heterocycles. The second kappa shape index (κ2) is 5.84. The summed E-state index contributed by atoms with van der Waals surface area (Å²) in [5, 5.41) is 16.2. The molecule has 0 radical (unpaired) electrons. The van der Waals surface area contributed by atoms with Gasteiger partial charge in [-0.2, -0.15) is 16.9 Å². The van der Waals surface area contributed by atoms with Crippen molar-refractivity contribution >= 4 is 23.6 Å². The summed E-state index contributed by atoms with van der Waals surface area (Å²) in [7, 11) is 0. The summed E-state index contributed by atoms with van der Waals surface area (Å²) in [5.41, 5.74) is 0.127. The van der Waals surface area contributed by atoms with E-state index in [0.717, 1.165) is 11.4 Å². The van der Waals surface area contributed by atoms with Gasteiger partial charge in [0.15, 0.2) is 0 Å². The number of nitrogens with one attached hydrogen (secondary N) is 1. The van der Waals surface area contributed by atoms with Gasteiger partial charge >= 0.3 is 5.97 Å². The van der Waals surface area contributed by atoms with E-state index in [1.807, 2.05) is 12.3 Å². The van der Waals surface area contributed by atoms with Crippen LogP contribution in [0.25, 0.3) is 5.69 Å². The second-order valence-electron chi connectivity index (χ2n) is 5.14. The molecule has 3 rings (SSSR count). The minimum absolute atomic E-state index is 0.364. The first kappa shape index (κ1) is 14.6. The Kier molecular flexibility index (Phi) is 3.89. The molecule has 0 bridgehead atoms. The van der Waals surface area contributed by atoms with Crippen LogP contribution in [0.1, 0.15) is 16.8 Å². The number of rotatable bonds is 4. The predicted molar refractivity (Wildman–Crippen MR) is 83.3 cm³/mol. The zero-order chi connectivity index (χ0) is 15.6. The van der Waals surface area contributed by atoms with Gasteiger partial charge < -0.3 is 10.4 Å². The molecule has 1 aromatic carbocycles. The summed E-state index contributed by atoms with van der Waals surface area (Å²) in [6, 6.07) is 8.71. The van der Waals surface area contributed by atoms with Gasteiger partial charge in [-0.3, -0.25) is 4.79 Å². The lowest BCUT2D eigenvalue weighted by Crippen LogP contribution is -2.54. The number of carbonyl (C=O) groups excluding carboxylic acids is 1. The number of hydrogen-bond acceptors (Lipinski definition) is 4. The monoisotopic (exact) mass is 317 g/mol. The van der Waals surface area contributed by atoms with Gasteiger partial charge in [0.2, 0.25) is 0 Å². The summed E-state index contributed by atoms with van der Waals surface area (Å²) in [6.07, 6.45) is 3.93. The van der Waals surface area contributed by atoms with Crippen molar-refractivity contribution in [1.29, 1.82) is 0 Å². The van der Waals surface area contributed by atoms with Gasteiger partial charge in [-0.25, -0.2) is 9.48 Å². The number of aliphatic carboxylic acids is 1. The first-order chi connectivity index (χ1) is 10.6. The smallest absolute Gasteiger partial charge is 0.330 e. The Morgan fingerprint density at radius 3 is 2.64 bits per heavy atom. The highest BCUT2D eigenvalue weighted by Crippen LogP contribution is 2.28. The summed E-state index contributed by atoms with van der Waals surface area (Å²) in [5.74, 6) is -0.194. The van der Waals surface area contributed by atoms with Crippen LogP contribution in [0.15, 0.2) is 42.7 Å². The molecule has 6 nitrogen and oxygen atoms in total. The van der Waals surface area contributed by atoms with Crippen molar-refractivity contribution in [2.75, 3.05) is 11.5 Å². The first-order valence-corrected chi connectivity index (χ1v) is 8.00. The van der Waals surface area contributed by atoms with Crippen molar-refractivity contribution in [3.05, 3.63) is 48.3 Å². The van der Waals surface area contributed by atoms with Crippen molar-refractivity contribution in [3.63, 3.8) is 0 Å². The van der Waals surface area contributed by atoms with Gasteiger partial charge in [-0.05, 0) is 42.5 Å². The Morgan fingerprint density at radius 2 is 2.09 bits per heavy atom. The molecule has 1 aliphatic heterocycles. The van der Waals surface area contributed by atoms with E-state index in [1.54, 1.807) is 46.9 Å². The largest absolute Gasteiger partial charge is 0.479 e. The van der Waals surface area contributed by atoms with Crippen LogP contribution in [0.4, 0.5) is 0 Å². The number of benzene rings is 1. The SMILES string of the molecule is O=C(NC1(C(=O)O)CCSC1)c1ccc(-n2cccn2)cc1. The molecule has 0 saturated carbocycles. The molecule has 2 heterocycles. The van der Waals surface area contributed by atoms with Gasteiger partial charge in [-0.1, -0.05) is 0 Å². The molecule has 7 heteroatoms. The van der Waals surface area contributed by atoms with Crippen LogP contribution >= 0.6 is 11.8 Å². The van der Waals surface area contributed by atoms with Crippen molar-refractivity contribution < 1.29 is 14.7 Å². The van der Waals surface area contributed by atoms with Crippen LogP contribution in [0.2, 0.25) is 0 Å². The van der Waals surface area contributed by atoms with Crippen LogP contribution < -0.4 is 5.32 Å². The lowest BCUT2D eigenvalue weighted by atomic mass is 9.98. The summed E-state index contributed by atoms with van der Waals surface area (Å²) < 4.78 is 1.69. The Hall–Kier alpha value is -2.28. The van der Waals surface area contributed by atoms with E-state index in [1.165, 1.54) is 0 Å². The Balaban J connectivity index is 1.76. The van der Waals surface area contributed by atoms with Gasteiger partial charge in [0.05, 0.1) is 5.69 Å². The fourth-order valence-corrected chi connectivity index (χ4v) is 3.69. The van der Waals surface area contributed by atoms with E-state index in [0.29, 0.717) is 17.7 Å². The summed E-state index contributed by atoms with van der Waals surface area (Å²) in [4.78, 5) is 23.8. The molecule has 1 atom stereocenters. The molecule has 1 amide bonds. The van der Waals surface area contributed by atoms with Crippen LogP contribution in [-0.4, -0.2) is 43.8 Å². The fourth-order valence-electron chi connectivity index (χ4n) is 2.36. The molecule has 2 aromatic rings. The molecule has 0 aliphatic carbocycles. The van der Waals surface area contributed by atoms with Crippen LogP contribution in [0.3, 0.4) is 0 Å². The van der Waals surface area contributed by atoms with Crippen LogP contribution in [0.5, 0.6) is 0 Å². The zero-order valence-electron chi connectivity index (χ0n) is 11.7. The molecule has 1 aromatic heterocycles. The molecule has 0 spiro atoms. The van der Waals surface area contributed by atoms with Gasteiger partial charge in [0.25, 0.3) is 5.91 Å². The maximum atomic E-state index is 12.3. The van der Waals surface area contributed by atoms with E-state index in [4.69, 9.17) is 0 Å². The number of carbonyl (C=O) groups is 2. The predicted octanol–water partition coefficient (Wildman–Crippen LogP) is 1.56. The van der Waals surface area contributed by atoms with Crippen molar-refractivity contribution in [3.8, 4) is 5.69 Å². The molecular formula is C15H15N3O3S. The number of nitrogens with zero attached hydrogens (tertiary/aromatic N) is 2. The molecule has 1 fully saturated rings. The first-order valence-electron chi connectivity index (χ1n) is 6.84. The molecule has 1 aliphatic rings. The number of amides is 1. The minimum Gasteiger partial charge on any atom is -0.479 e. The van der Waals surface area contributed by atoms with Gasteiger partial charge in [-0.15, -0.1) is 0 Å². The van der Waals surface area contributed by atoms with Crippen LogP contribution in [-0.2, 0) is 4.79 Å². The third-order valence-corrected chi connectivity index (χ3v) is 4.87. The third kappa shape index (κ3) is 2.71. The highest BCUT2D eigenvalue weighted by molar-refractivity contribution is 7.99. The number of carboxylic acids is 1. The van der Waals surface area contributed by atoms with Crippen molar-refractivity contribution in [2.24, 2.45) is 0 Å². The topological polar surface area (TPSA) is 84.2 Å². The number of carboxylic acid groups (broad SMARTS) is 1. The lowest BCUT2D eigenvalue weighted by Gasteiger charge is -2.24. The van der Waals surface area contributed by atoms with Crippen molar-refractivity contribution in [2.45, 2.75) is 12.0 Å². The Morgan fingerprint density at radius 1 is 1.32 bits per heavy atom.